The highest BCUT2D eigenvalue weighted by molar-refractivity contribution is 7.38. The average molecular weight is 319 g/mol. The molecule has 0 spiro atoms. The van der Waals surface area contributed by atoms with Crippen molar-refractivity contribution in [1.29, 1.82) is 0 Å². The summed E-state index contributed by atoms with van der Waals surface area (Å²) in [5.41, 5.74) is 2.81. The third-order valence-corrected chi connectivity index (χ3v) is 4.85. The molecule has 116 valence electrons. The Morgan fingerprint density at radius 3 is 1.68 bits per heavy atom. The third-order valence-electron chi connectivity index (χ3n) is 3.50. The van der Waals surface area contributed by atoms with Gasteiger partial charge < -0.3 is 18.6 Å². The fourth-order valence-electron chi connectivity index (χ4n) is 2.49. The van der Waals surface area contributed by atoms with Crippen molar-refractivity contribution in [1.82, 2.24) is 0 Å². The van der Waals surface area contributed by atoms with Crippen LogP contribution in [-0.2, 0) is 13.2 Å². The minimum absolute atomic E-state index is 0.106. The number of aliphatic hydroxyl groups excluding tert-OH is 2. The molecule has 3 aromatic rings. The summed E-state index contributed by atoms with van der Waals surface area (Å²) in [5, 5.41) is 20.9. The Labute approximate surface area is 129 Å². The van der Waals surface area contributed by atoms with Crippen molar-refractivity contribution in [2.45, 2.75) is 13.2 Å². The van der Waals surface area contributed by atoms with Crippen LogP contribution in [0, 0.1) is 0 Å². The Kier molecular flexibility index (Phi) is 4.23. The highest BCUT2D eigenvalue weighted by Gasteiger charge is 2.13. The van der Waals surface area contributed by atoms with Gasteiger partial charge in [-0.05, 0) is 23.3 Å². The van der Waals surface area contributed by atoms with Gasteiger partial charge in [0.05, 0.1) is 13.2 Å². The molecule has 0 saturated heterocycles. The second-order valence-electron chi connectivity index (χ2n) is 5.16. The lowest BCUT2D eigenvalue weighted by atomic mass is 10.0. The van der Waals surface area contributed by atoms with Gasteiger partial charge in [-0.1, -0.05) is 24.3 Å². The first-order chi connectivity index (χ1) is 10.7. The molecule has 0 fully saturated rings. The number of rotatable bonds is 3. The maximum atomic E-state index is 9.69. The molecular weight excluding hydrogens is 301 g/mol. The Morgan fingerprint density at radius 2 is 1.32 bits per heavy atom. The van der Waals surface area contributed by atoms with Crippen LogP contribution in [0.15, 0.2) is 44.8 Å². The van der Waals surface area contributed by atoms with E-state index < -0.39 is 8.16 Å². The molecule has 0 unspecified atom stereocenters. The van der Waals surface area contributed by atoms with E-state index in [-0.39, 0.29) is 13.2 Å². The van der Waals surface area contributed by atoms with E-state index in [4.69, 9.17) is 8.39 Å². The summed E-state index contributed by atoms with van der Waals surface area (Å²) in [5.74, 6) is 0. The minimum atomic E-state index is -1.30. The van der Waals surface area contributed by atoms with Crippen LogP contribution in [0.25, 0.3) is 21.9 Å². The summed E-state index contributed by atoms with van der Waals surface area (Å²) in [4.78, 5) is 0. The van der Waals surface area contributed by atoms with Gasteiger partial charge in [0, 0.05) is 24.9 Å². The molecule has 0 aliphatic carbocycles. The van der Waals surface area contributed by atoms with Crippen molar-refractivity contribution in [2.24, 2.45) is 0 Å². The smallest absolute Gasteiger partial charge is 0.309 e. The molecule has 0 amide bonds. The van der Waals surface area contributed by atoms with Crippen molar-refractivity contribution in [3.63, 3.8) is 0 Å². The maximum absolute atomic E-state index is 9.69. The van der Waals surface area contributed by atoms with Crippen molar-refractivity contribution in [2.75, 3.05) is 18.8 Å². The lowest BCUT2D eigenvalue weighted by Crippen LogP contribution is -2.02. The third kappa shape index (κ3) is 2.53. The molecule has 0 saturated carbocycles. The zero-order valence-corrected chi connectivity index (χ0v) is 13.4. The number of nitrogens with zero attached hydrogens (tertiary/aromatic N) is 1. The largest absolute Gasteiger partial charge is 0.408 e. The predicted octanol–water partition coefficient (Wildman–Crippen LogP) is 3.47. The molecule has 5 nitrogen and oxygen atoms in total. The summed E-state index contributed by atoms with van der Waals surface area (Å²) in [6, 6.07) is 11.1. The van der Waals surface area contributed by atoms with Crippen molar-refractivity contribution >= 4 is 30.1 Å². The molecule has 0 atom stereocenters. The molecule has 0 radical (unpaired) electrons. The fourth-order valence-corrected chi connectivity index (χ4v) is 3.49. The van der Waals surface area contributed by atoms with Crippen LogP contribution in [0.4, 0.5) is 0 Å². The molecule has 2 N–H and O–H groups in total. The first kappa shape index (κ1) is 15.1. The second kappa shape index (κ2) is 6.15. The van der Waals surface area contributed by atoms with E-state index >= 15 is 0 Å². The molecular formula is C16H18NO4P. The number of hydrogen-bond acceptors (Lipinski definition) is 5. The summed E-state index contributed by atoms with van der Waals surface area (Å²) in [6.45, 7) is -0.211. The second-order valence-corrected chi connectivity index (χ2v) is 6.81. The van der Waals surface area contributed by atoms with Crippen molar-refractivity contribution in [3.05, 3.63) is 47.5 Å². The standard InChI is InChI=1S/C16H18NO4P/c1-17(2)22-20-13-7-3-5-11(9-18)15(13)16-12(10-19)6-4-8-14(16)21-22/h3-8,18-19H,9-10H2,1-2H3. The van der Waals surface area contributed by atoms with Gasteiger partial charge in [0.25, 0.3) is 0 Å². The molecule has 0 bridgehead atoms. The van der Waals surface area contributed by atoms with Crippen molar-refractivity contribution < 1.29 is 18.6 Å². The number of aliphatic hydroxyl groups is 2. The van der Waals surface area contributed by atoms with Crippen LogP contribution < -0.4 is 4.67 Å². The van der Waals surface area contributed by atoms with E-state index in [1.54, 1.807) is 0 Å². The van der Waals surface area contributed by atoms with Crippen molar-refractivity contribution in [3.8, 4) is 0 Å². The summed E-state index contributed by atoms with van der Waals surface area (Å²) in [6.07, 6.45) is 0. The topological polar surface area (TPSA) is 70.0 Å². The molecule has 6 heteroatoms. The highest BCUT2D eigenvalue weighted by Crippen LogP contribution is 2.37. The van der Waals surface area contributed by atoms with Crippen LogP contribution in [0.1, 0.15) is 11.1 Å². The van der Waals surface area contributed by atoms with Gasteiger partial charge in [-0.3, -0.25) is 0 Å². The SMILES string of the molecule is CN(C)p1oc2cccc(CO)c2c2c(CO)cccc2o1. The van der Waals surface area contributed by atoms with Crippen LogP contribution in [-0.4, -0.2) is 24.3 Å². The normalized spacial score (nSPS) is 11.5. The summed E-state index contributed by atoms with van der Waals surface area (Å²) < 4.78 is 13.9. The van der Waals surface area contributed by atoms with E-state index in [9.17, 15) is 10.2 Å². The summed E-state index contributed by atoms with van der Waals surface area (Å²) >= 11 is 0. The first-order valence-electron chi connectivity index (χ1n) is 6.95. The van der Waals surface area contributed by atoms with Gasteiger partial charge >= 0.3 is 8.16 Å². The van der Waals surface area contributed by atoms with E-state index in [1.807, 2.05) is 55.2 Å². The lowest BCUT2D eigenvalue weighted by Gasteiger charge is -2.05. The van der Waals surface area contributed by atoms with Gasteiger partial charge in [-0.15, -0.1) is 0 Å². The van der Waals surface area contributed by atoms with Gasteiger partial charge in [0.15, 0.2) is 0 Å². The Morgan fingerprint density at radius 1 is 0.864 bits per heavy atom. The number of fused-ring (bicyclic) bond motifs is 3. The zero-order valence-electron chi connectivity index (χ0n) is 12.5. The molecule has 1 heterocycles. The van der Waals surface area contributed by atoms with Gasteiger partial charge in [0.1, 0.15) is 11.2 Å². The van der Waals surface area contributed by atoms with E-state index in [2.05, 4.69) is 0 Å². The molecule has 0 aliphatic rings. The lowest BCUT2D eigenvalue weighted by molar-refractivity contribution is 0.282. The van der Waals surface area contributed by atoms with Gasteiger partial charge in [-0.25, -0.2) is 4.67 Å². The molecule has 3 rings (SSSR count). The molecule has 2 aromatic carbocycles. The molecule has 1 aromatic heterocycles. The number of benzene rings is 2. The quantitative estimate of drug-likeness (QED) is 0.773. The maximum Gasteiger partial charge on any atom is 0.309 e. The van der Waals surface area contributed by atoms with Crippen LogP contribution in [0.3, 0.4) is 0 Å². The zero-order chi connectivity index (χ0) is 15.7. The van der Waals surface area contributed by atoms with Gasteiger partial charge in [-0.2, -0.15) is 0 Å². The number of hydrogen-bond donors (Lipinski definition) is 2. The average Bonchev–Trinajstić information content (AvgIpc) is 2.71. The highest BCUT2D eigenvalue weighted by atomic mass is 31.1. The fraction of sp³-hybridized carbons (Fsp3) is 0.250. The van der Waals surface area contributed by atoms with Crippen LogP contribution in [0.2, 0.25) is 0 Å². The first-order valence-corrected chi connectivity index (χ1v) is 8.08. The van der Waals surface area contributed by atoms with E-state index in [0.29, 0.717) is 11.2 Å². The Bertz CT molecular complexity index is 791. The Hall–Kier alpha value is -1.78. The monoisotopic (exact) mass is 319 g/mol. The van der Waals surface area contributed by atoms with Crippen LogP contribution >= 0.6 is 8.16 Å². The minimum Gasteiger partial charge on any atom is -0.408 e. The van der Waals surface area contributed by atoms with Crippen LogP contribution in [0.5, 0.6) is 0 Å². The molecule has 22 heavy (non-hydrogen) atoms. The van der Waals surface area contributed by atoms with Gasteiger partial charge in [0.2, 0.25) is 0 Å². The Balaban J connectivity index is 2.62. The van der Waals surface area contributed by atoms with E-state index in [0.717, 1.165) is 21.9 Å². The molecule has 0 aliphatic heterocycles. The van der Waals surface area contributed by atoms with E-state index in [1.165, 1.54) is 0 Å². The summed E-state index contributed by atoms with van der Waals surface area (Å²) in [7, 11) is 2.49. The predicted molar refractivity (Wildman–Crippen MR) is 88.2 cm³/mol.